The second-order valence-electron chi connectivity index (χ2n) is 8.68. The van der Waals surface area contributed by atoms with Gasteiger partial charge in [-0.1, -0.05) is 87.9 Å². The third kappa shape index (κ3) is 3.43. The van der Waals surface area contributed by atoms with Gasteiger partial charge in [0.1, 0.15) is 6.29 Å². The number of hydrogen-bond donors (Lipinski definition) is 0. The quantitative estimate of drug-likeness (QED) is 0.539. The summed E-state index contributed by atoms with van der Waals surface area (Å²) in [4.78, 5) is 11.2. The minimum atomic E-state index is -2.49. The molecule has 0 bridgehead atoms. The van der Waals surface area contributed by atoms with Gasteiger partial charge in [-0.3, -0.25) is 0 Å². The number of rotatable bonds is 7. The van der Waals surface area contributed by atoms with Gasteiger partial charge < -0.3 is 9.22 Å². The largest absolute Gasteiger partial charge is 0.407 e. The normalized spacial score (nSPS) is 16.7. The maximum Gasteiger partial charge on any atom is 0.261 e. The summed E-state index contributed by atoms with van der Waals surface area (Å²) in [5.41, 5.74) is 0.0504. The molecule has 1 fully saturated rings. The molecule has 0 unspecified atom stereocenters. The van der Waals surface area contributed by atoms with E-state index >= 15 is 0 Å². The molecule has 1 aliphatic rings. The van der Waals surface area contributed by atoms with Gasteiger partial charge in [0.05, 0.1) is 0 Å². The molecule has 1 aliphatic carbocycles. The minimum absolute atomic E-state index is 0.0121. The van der Waals surface area contributed by atoms with E-state index in [1.807, 2.05) is 0 Å². The summed E-state index contributed by atoms with van der Waals surface area (Å²) in [6.07, 6.45) is 5.10. The zero-order valence-electron chi connectivity index (χ0n) is 16.2. The summed E-state index contributed by atoms with van der Waals surface area (Å²) in [7, 11) is -2.49. The molecule has 0 atom stereocenters. The first-order valence-electron chi connectivity index (χ1n) is 9.62. The first-order chi connectivity index (χ1) is 12.4. The van der Waals surface area contributed by atoms with Crippen molar-refractivity contribution in [3.63, 3.8) is 0 Å². The Labute approximate surface area is 158 Å². The summed E-state index contributed by atoms with van der Waals surface area (Å²) in [5, 5.41) is 2.60. The highest BCUT2D eigenvalue weighted by Crippen LogP contribution is 2.46. The molecule has 2 aromatic carbocycles. The molecule has 0 amide bonds. The van der Waals surface area contributed by atoms with Crippen LogP contribution in [0.3, 0.4) is 0 Å². The second kappa shape index (κ2) is 7.49. The van der Waals surface area contributed by atoms with E-state index in [0.29, 0.717) is 13.0 Å². The Bertz CT molecular complexity index is 675. The molecule has 2 nitrogen and oxygen atoms in total. The third-order valence-electron chi connectivity index (χ3n) is 5.94. The van der Waals surface area contributed by atoms with Crippen LogP contribution in [-0.4, -0.2) is 21.2 Å². The van der Waals surface area contributed by atoms with Gasteiger partial charge in [-0.05, 0) is 33.7 Å². The van der Waals surface area contributed by atoms with Crippen molar-refractivity contribution in [2.75, 3.05) is 6.61 Å². The molecule has 0 heterocycles. The van der Waals surface area contributed by atoms with Gasteiger partial charge in [0.25, 0.3) is 8.32 Å². The molecular weight excluding hydrogens is 336 g/mol. The SMILES string of the molecule is CC(C)(C)[Si](OCC1(CC=O)CCC1)(c1ccccc1)c1ccccc1. The van der Waals surface area contributed by atoms with E-state index in [0.717, 1.165) is 19.1 Å². The fourth-order valence-corrected chi connectivity index (χ4v) is 8.96. The summed E-state index contributed by atoms with van der Waals surface area (Å²) in [6, 6.07) is 21.5. The van der Waals surface area contributed by atoms with E-state index < -0.39 is 8.32 Å². The number of carbonyl (C=O) groups excluding carboxylic acids is 1. The third-order valence-corrected chi connectivity index (χ3v) is 10.9. The van der Waals surface area contributed by atoms with Crippen LogP contribution in [0.5, 0.6) is 0 Å². The summed E-state index contributed by atoms with van der Waals surface area (Å²) in [6.45, 7) is 7.57. The van der Waals surface area contributed by atoms with Crippen molar-refractivity contribution in [3.8, 4) is 0 Å². The zero-order chi connectivity index (χ0) is 18.7. The van der Waals surface area contributed by atoms with Crippen LogP contribution in [0.2, 0.25) is 5.04 Å². The van der Waals surface area contributed by atoms with Crippen LogP contribution in [0.1, 0.15) is 46.5 Å². The first kappa shape index (κ1) is 19.1. The summed E-state index contributed by atoms with van der Waals surface area (Å²) < 4.78 is 7.01. The van der Waals surface area contributed by atoms with Gasteiger partial charge in [0.2, 0.25) is 0 Å². The molecular formula is C23H30O2Si. The van der Waals surface area contributed by atoms with Crippen LogP contribution in [0.25, 0.3) is 0 Å². The van der Waals surface area contributed by atoms with Crippen molar-refractivity contribution >= 4 is 25.0 Å². The van der Waals surface area contributed by atoms with Gasteiger partial charge in [0.15, 0.2) is 0 Å². The van der Waals surface area contributed by atoms with E-state index in [1.54, 1.807) is 0 Å². The van der Waals surface area contributed by atoms with Crippen LogP contribution < -0.4 is 10.4 Å². The minimum Gasteiger partial charge on any atom is -0.407 e. The van der Waals surface area contributed by atoms with Gasteiger partial charge in [-0.15, -0.1) is 0 Å². The number of benzene rings is 2. The summed E-state index contributed by atoms with van der Waals surface area (Å²) >= 11 is 0. The molecule has 3 heteroatoms. The number of carbonyl (C=O) groups is 1. The van der Waals surface area contributed by atoms with Gasteiger partial charge >= 0.3 is 0 Å². The standard InChI is InChI=1S/C23H30O2Si/c1-22(2,3)26(20-11-6-4-7-12-20,21-13-8-5-9-14-21)25-19-23(17-18-24)15-10-16-23/h4-9,11-14,18H,10,15-17,19H2,1-3H3. The lowest BCUT2D eigenvalue weighted by Gasteiger charge is -2.48. The smallest absolute Gasteiger partial charge is 0.261 e. The average Bonchev–Trinajstić information content (AvgIpc) is 2.60. The Morgan fingerprint density at radius 1 is 0.962 bits per heavy atom. The Morgan fingerprint density at radius 3 is 1.81 bits per heavy atom. The maximum absolute atomic E-state index is 11.2. The molecule has 0 N–H and O–H groups in total. The lowest BCUT2D eigenvalue weighted by atomic mass is 9.68. The van der Waals surface area contributed by atoms with Crippen molar-refractivity contribution in [1.29, 1.82) is 0 Å². The van der Waals surface area contributed by atoms with Crippen LogP contribution in [0.4, 0.5) is 0 Å². The van der Waals surface area contributed by atoms with Gasteiger partial charge in [0, 0.05) is 13.0 Å². The number of aldehydes is 1. The highest BCUT2D eigenvalue weighted by molar-refractivity contribution is 6.99. The molecule has 2 aromatic rings. The Hall–Kier alpha value is -1.71. The molecule has 0 aromatic heterocycles. The second-order valence-corrected chi connectivity index (χ2v) is 13.0. The Morgan fingerprint density at radius 2 is 1.46 bits per heavy atom. The van der Waals surface area contributed by atoms with E-state index in [2.05, 4.69) is 81.4 Å². The van der Waals surface area contributed by atoms with Gasteiger partial charge in [-0.2, -0.15) is 0 Å². The van der Waals surface area contributed by atoms with E-state index in [1.165, 1.54) is 16.8 Å². The fourth-order valence-electron chi connectivity index (χ4n) is 4.28. The fraction of sp³-hybridized carbons (Fsp3) is 0.435. The predicted molar refractivity (Wildman–Crippen MR) is 111 cm³/mol. The molecule has 138 valence electrons. The topological polar surface area (TPSA) is 26.3 Å². The van der Waals surface area contributed by atoms with Crippen LogP contribution >= 0.6 is 0 Å². The lowest BCUT2D eigenvalue weighted by Crippen LogP contribution is -2.67. The average molecular weight is 367 g/mol. The molecule has 0 spiro atoms. The van der Waals surface area contributed by atoms with E-state index in [9.17, 15) is 4.79 Å². The molecule has 3 rings (SSSR count). The van der Waals surface area contributed by atoms with Crippen LogP contribution in [-0.2, 0) is 9.22 Å². The van der Waals surface area contributed by atoms with Crippen LogP contribution in [0, 0.1) is 5.41 Å². The van der Waals surface area contributed by atoms with E-state index in [4.69, 9.17) is 4.43 Å². The van der Waals surface area contributed by atoms with Crippen molar-refractivity contribution in [1.82, 2.24) is 0 Å². The zero-order valence-corrected chi connectivity index (χ0v) is 17.2. The monoisotopic (exact) mass is 366 g/mol. The molecule has 0 radical (unpaired) electrons. The van der Waals surface area contributed by atoms with Gasteiger partial charge in [-0.25, -0.2) is 0 Å². The van der Waals surface area contributed by atoms with Crippen molar-refractivity contribution in [2.24, 2.45) is 5.41 Å². The molecule has 26 heavy (non-hydrogen) atoms. The highest BCUT2D eigenvalue weighted by atomic mass is 28.4. The Balaban J connectivity index is 2.07. The van der Waals surface area contributed by atoms with Crippen molar-refractivity contribution in [3.05, 3.63) is 60.7 Å². The molecule has 1 saturated carbocycles. The van der Waals surface area contributed by atoms with Crippen LogP contribution in [0.15, 0.2) is 60.7 Å². The lowest BCUT2D eigenvalue weighted by molar-refractivity contribution is -0.112. The Kier molecular flexibility index (Phi) is 5.49. The van der Waals surface area contributed by atoms with Crippen molar-refractivity contribution < 1.29 is 9.22 Å². The predicted octanol–water partition coefficient (Wildman–Crippen LogP) is 4.32. The maximum atomic E-state index is 11.2. The summed E-state index contributed by atoms with van der Waals surface area (Å²) in [5.74, 6) is 0. The molecule has 0 aliphatic heterocycles. The number of hydrogen-bond acceptors (Lipinski definition) is 2. The highest BCUT2D eigenvalue weighted by Gasteiger charge is 2.51. The first-order valence-corrected chi connectivity index (χ1v) is 11.5. The van der Waals surface area contributed by atoms with Crippen molar-refractivity contribution in [2.45, 2.75) is 51.5 Å². The molecule has 0 saturated heterocycles. The van der Waals surface area contributed by atoms with E-state index in [-0.39, 0.29) is 10.5 Å².